The van der Waals surface area contributed by atoms with Gasteiger partial charge in [0.25, 0.3) is 0 Å². The van der Waals surface area contributed by atoms with Crippen LogP contribution in [0.25, 0.3) is 5.00 Å². The number of anilines is 1. The molecule has 0 saturated carbocycles. The number of aliphatic carboxylic acids is 1. The summed E-state index contributed by atoms with van der Waals surface area (Å²) in [5.74, 6) is 0.919. The molecule has 0 fully saturated rings. The van der Waals surface area contributed by atoms with Crippen LogP contribution in [0, 0.1) is 20.8 Å². The Morgan fingerprint density at radius 2 is 1.37 bits per heavy atom. The monoisotopic (exact) mass is 783 g/mol. The third-order valence-electron chi connectivity index (χ3n) is 8.32. The van der Waals surface area contributed by atoms with Crippen molar-refractivity contribution in [3.63, 3.8) is 0 Å². The number of amides is 1. The van der Waals surface area contributed by atoms with Crippen molar-refractivity contribution < 1.29 is 43.1 Å². The van der Waals surface area contributed by atoms with Crippen LogP contribution in [0.5, 0.6) is 5.75 Å². The van der Waals surface area contributed by atoms with E-state index in [1.54, 1.807) is 35.6 Å². The van der Waals surface area contributed by atoms with E-state index in [4.69, 9.17) is 50.1 Å². The number of nitrogens with zero attached hydrogens (tertiary/aromatic N) is 4. The maximum Gasteiger partial charge on any atom is 0.305 e. The van der Waals surface area contributed by atoms with E-state index in [2.05, 4.69) is 29.4 Å². The number of aromatic nitrogens is 3. The first-order valence-electron chi connectivity index (χ1n) is 17.7. The second kappa shape index (κ2) is 21.0. The van der Waals surface area contributed by atoms with Gasteiger partial charge < -0.3 is 38.8 Å². The van der Waals surface area contributed by atoms with Crippen LogP contribution in [0.3, 0.4) is 0 Å². The summed E-state index contributed by atoms with van der Waals surface area (Å²) in [6.45, 7) is 10.4. The fraction of sp³-hybridized carbons (Fsp3) is 0.447. The van der Waals surface area contributed by atoms with E-state index >= 15 is 0 Å². The van der Waals surface area contributed by atoms with E-state index in [9.17, 15) is 9.59 Å². The van der Waals surface area contributed by atoms with E-state index in [-0.39, 0.29) is 25.4 Å². The molecule has 0 bridgehead atoms. The van der Waals surface area contributed by atoms with E-state index in [1.807, 2.05) is 35.8 Å². The number of rotatable bonds is 23. The Labute approximate surface area is 323 Å². The Morgan fingerprint density at radius 3 is 1.96 bits per heavy atom. The number of aliphatic imine (C=N–C) groups is 1. The molecule has 0 spiro atoms. The number of hydrogen-bond donors (Lipinski definition) is 2. The molecule has 1 aliphatic rings. The summed E-state index contributed by atoms with van der Waals surface area (Å²) in [6.07, 6.45) is 0.0539. The van der Waals surface area contributed by atoms with E-state index < -0.39 is 12.0 Å². The molecule has 54 heavy (non-hydrogen) atoms. The number of fused-ring (bicyclic) bond motifs is 3. The van der Waals surface area contributed by atoms with Crippen molar-refractivity contribution in [2.75, 3.05) is 78.0 Å². The topological polar surface area (TPSA) is 165 Å². The van der Waals surface area contributed by atoms with Gasteiger partial charge in [0.2, 0.25) is 5.91 Å². The summed E-state index contributed by atoms with van der Waals surface area (Å²) in [7, 11) is 0. The molecular formula is C38H46ClN5O9S. The molecule has 1 atom stereocenters. The Balaban J connectivity index is 1.00. The van der Waals surface area contributed by atoms with Gasteiger partial charge in [0.05, 0.1) is 84.6 Å². The normalized spacial score (nSPS) is 13.6. The first-order valence-corrected chi connectivity index (χ1v) is 18.9. The molecule has 290 valence electrons. The van der Waals surface area contributed by atoms with Gasteiger partial charge in [0, 0.05) is 26.7 Å². The minimum absolute atomic E-state index is 0.0151. The highest BCUT2D eigenvalue weighted by atomic mass is 35.5. The zero-order valence-electron chi connectivity index (χ0n) is 30.7. The third-order valence-corrected chi connectivity index (χ3v) is 9.76. The van der Waals surface area contributed by atoms with Crippen LogP contribution < -0.4 is 10.1 Å². The van der Waals surface area contributed by atoms with Gasteiger partial charge in [-0.3, -0.25) is 19.1 Å². The second-order valence-corrected chi connectivity index (χ2v) is 13.9. The third kappa shape index (κ3) is 11.9. The van der Waals surface area contributed by atoms with Crippen LogP contribution in [0.1, 0.15) is 52.1 Å². The molecular weight excluding hydrogens is 738 g/mol. The van der Waals surface area contributed by atoms with Crippen molar-refractivity contribution in [2.45, 2.75) is 39.7 Å². The molecule has 0 saturated heterocycles. The average Bonchev–Trinajstić information content (AvgIpc) is 3.63. The highest BCUT2D eigenvalue weighted by Gasteiger charge is 2.32. The lowest BCUT2D eigenvalue weighted by molar-refractivity contribution is -0.138. The number of halogens is 1. The Kier molecular flexibility index (Phi) is 15.9. The summed E-state index contributed by atoms with van der Waals surface area (Å²) >= 11 is 7.89. The maximum atomic E-state index is 13.4. The average molecular weight is 784 g/mol. The number of thiophene rings is 1. The van der Waals surface area contributed by atoms with Crippen LogP contribution in [0.15, 0.2) is 53.5 Å². The number of carbonyl (C=O) groups excluding carboxylic acids is 1. The number of carboxylic acids is 1. The fourth-order valence-electron chi connectivity index (χ4n) is 5.51. The zero-order valence-corrected chi connectivity index (χ0v) is 32.2. The molecule has 5 rings (SSSR count). The number of ether oxygens (including phenoxy) is 6. The molecule has 4 aromatic rings. The Morgan fingerprint density at radius 1 is 0.796 bits per heavy atom. The van der Waals surface area contributed by atoms with Gasteiger partial charge in [-0.25, -0.2) is 0 Å². The van der Waals surface area contributed by atoms with Gasteiger partial charge in [0.1, 0.15) is 29.2 Å². The van der Waals surface area contributed by atoms with Crippen molar-refractivity contribution in [3.05, 3.63) is 86.8 Å². The molecule has 1 aliphatic heterocycles. The van der Waals surface area contributed by atoms with Crippen LogP contribution in [0.4, 0.5) is 5.69 Å². The smallest absolute Gasteiger partial charge is 0.305 e. The standard InChI is InChI=1S/C38H46ClN5O9S/c1-25-26(2)54-38-35(25)36(28-4-6-29(39)7-5-28)41-32(37-43-42-27(3)44(37)38)24-33(45)40-30-8-10-31(11-9-30)53-23-22-52-21-20-51-19-18-50-17-16-49-15-14-48-13-12-34(46)47/h4-11,32H,12-24H2,1-3H3,(H,40,45)(H,46,47). The lowest BCUT2D eigenvalue weighted by Gasteiger charge is -2.13. The lowest BCUT2D eigenvalue weighted by Crippen LogP contribution is -2.17. The molecule has 14 nitrogen and oxygen atoms in total. The van der Waals surface area contributed by atoms with E-state index in [1.165, 1.54) is 4.88 Å². The lowest BCUT2D eigenvalue weighted by atomic mass is 9.99. The van der Waals surface area contributed by atoms with Crippen LogP contribution in [-0.4, -0.2) is 110 Å². The van der Waals surface area contributed by atoms with Gasteiger partial charge >= 0.3 is 5.97 Å². The minimum atomic E-state index is -0.883. The van der Waals surface area contributed by atoms with Gasteiger partial charge in [0.15, 0.2) is 5.82 Å². The molecule has 2 aromatic carbocycles. The number of carbonyl (C=O) groups is 2. The minimum Gasteiger partial charge on any atom is -0.491 e. The van der Waals surface area contributed by atoms with Crippen LogP contribution in [-0.2, 0) is 33.3 Å². The number of benzene rings is 2. The molecule has 1 amide bonds. The quantitative estimate of drug-likeness (QED) is 0.0879. The van der Waals surface area contributed by atoms with Gasteiger partial charge in [-0.05, 0) is 62.7 Å². The van der Waals surface area contributed by atoms with Gasteiger partial charge in [-0.15, -0.1) is 21.5 Å². The first-order chi connectivity index (χ1) is 26.2. The predicted octanol–water partition coefficient (Wildman–Crippen LogP) is 5.76. The van der Waals surface area contributed by atoms with Crippen molar-refractivity contribution >= 4 is 46.2 Å². The number of carboxylic acid groups (broad SMARTS) is 1. The van der Waals surface area contributed by atoms with Crippen LogP contribution >= 0.6 is 22.9 Å². The maximum absolute atomic E-state index is 13.4. The fourth-order valence-corrected chi connectivity index (χ4v) is 6.85. The number of hydrogen-bond acceptors (Lipinski definition) is 12. The van der Waals surface area contributed by atoms with E-state index in [0.717, 1.165) is 33.2 Å². The van der Waals surface area contributed by atoms with Crippen LogP contribution in [0.2, 0.25) is 5.02 Å². The summed E-state index contributed by atoms with van der Waals surface area (Å²) in [6, 6.07) is 14.2. The molecule has 2 aromatic heterocycles. The molecule has 16 heteroatoms. The summed E-state index contributed by atoms with van der Waals surface area (Å²) in [5.41, 5.74) is 4.49. The molecule has 0 aliphatic carbocycles. The molecule has 0 radical (unpaired) electrons. The Bertz CT molecular complexity index is 1850. The summed E-state index contributed by atoms with van der Waals surface area (Å²) in [4.78, 5) is 30.2. The molecule has 3 heterocycles. The molecule has 1 unspecified atom stereocenters. The number of aryl methyl sites for hydroxylation is 2. The highest BCUT2D eigenvalue weighted by Crippen LogP contribution is 2.39. The van der Waals surface area contributed by atoms with Crippen molar-refractivity contribution in [1.29, 1.82) is 0 Å². The first kappa shape index (κ1) is 41.0. The summed E-state index contributed by atoms with van der Waals surface area (Å²) in [5, 5.41) is 22.0. The van der Waals surface area contributed by atoms with Gasteiger partial charge in [-0.1, -0.05) is 23.7 Å². The highest BCUT2D eigenvalue weighted by molar-refractivity contribution is 7.15. The van der Waals surface area contributed by atoms with Crippen molar-refractivity contribution in [3.8, 4) is 10.8 Å². The zero-order chi connectivity index (χ0) is 38.3. The summed E-state index contributed by atoms with van der Waals surface area (Å²) < 4.78 is 34.8. The predicted molar refractivity (Wildman–Crippen MR) is 205 cm³/mol. The molecule has 2 N–H and O–H groups in total. The SMILES string of the molecule is Cc1sc2c(c1C)C(c1ccc(Cl)cc1)=NC(CC(=O)Nc1ccc(OCCOCCOCCOCCOCCOCCC(=O)O)cc1)c1nnc(C)n1-2. The largest absolute Gasteiger partial charge is 0.491 e. The second-order valence-electron chi connectivity index (χ2n) is 12.2. The Hall–Kier alpha value is -4.22. The van der Waals surface area contributed by atoms with Crippen molar-refractivity contribution in [1.82, 2.24) is 14.8 Å². The van der Waals surface area contributed by atoms with E-state index in [0.29, 0.717) is 88.4 Å². The van der Waals surface area contributed by atoms with Crippen molar-refractivity contribution in [2.24, 2.45) is 4.99 Å². The number of nitrogens with one attached hydrogen (secondary N) is 1. The van der Waals surface area contributed by atoms with Gasteiger partial charge in [-0.2, -0.15) is 0 Å².